The third-order valence-electron chi connectivity index (χ3n) is 5.21. The van der Waals surface area contributed by atoms with E-state index in [-0.39, 0.29) is 35.1 Å². The maximum absolute atomic E-state index is 12.6. The lowest BCUT2D eigenvalue weighted by Gasteiger charge is -2.29. The molecule has 110 valence electrons. The van der Waals surface area contributed by atoms with Gasteiger partial charge in [0.25, 0.3) is 0 Å². The predicted octanol–water partition coefficient (Wildman–Crippen LogP) is -0.131. The molecule has 6 atom stereocenters. The fourth-order valence-electron chi connectivity index (χ4n) is 4.32. The number of aromatic hydroxyl groups is 1. The van der Waals surface area contributed by atoms with Crippen molar-refractivity contribution in [1.82, 2.24) is 0 Å². The number of aliphatic hydroxyl groups is 2. The minimum Gasteiger partial charge on any atom is -0.506 e. The summed E-state index contributed by atoms with van der Waals surface area (Å²) in [7, 11) is 0. The average Bonchev–Trinajstić information content (AvgIpc) is 3.06. The predicted molar refractivity (Wildman–Crippen MR) is 71.2 cm³/mol. The van der Waals surface area contributed by atoms with Gasteiger partial charge in [-0.05, 0) is 18.6 Å². The number of aliphatic hydroxyl groups excluding tert-OH is 2. The molecule has 1 aromatic carbocycles. The smallest absolute Gasteiger partial charge is 0.238 e. The summed E-state index contributed by atoms with van der Waals surface area (Å²) in [6, 6.07) is 6.19. The molecule has 0 radical (unpaired) electrons. The van der Waals surface area contributed by atoms with Crippen LogP contribution in [0.1, 0.15) is 6.42 Å². The number of hydrogen-bond donors (Lipinski definition) is 3. The summed E-state index contributed by atoms with van der Waals surface area (Å²) < 4.78 is 0. The van der Waals surface area contributed by atoms with Gasteiger partial charge in [0.2, 0.25) is 11.8 Å². The molecule has 0 aromatic heterocycles. The number of phenolic OH excluding ortho intramolecular Hbond substituents is 1. The quantitative estimate of drug-likeness (QED) is 0.626. The number of carbonyl (C=O) groups excluding carboxylic acids is 2. The van der Waals surface area contributed by atoms with Crippen LogP contribution in [0.25, 0.3) is 0 Å². The van der Waals surface area contributed by atoms with Crippen molar-refractivity contribution >= 4 is 17.5 Å². The number of phenols is 1. The van der Waals surface area contributed by atoms with Crippen LogP contribution in [0, 0.1) is 23.7 Å². The monoisotopic (exact) mass is 289 g/mol. The fraction of sp³-hybridized carbons (Fsp3) is 0.467. The first-order valence-electron chi connectivity index (χ1n) is 7.04. The van der Waals surface area contributed by atoms with E-state index in [2.05, 4.69) is 0 Å². The highest BCUT2D eigenvalue weighted by molar-refractivity contribution is 6.23. The first-order chi connectivity index (χ1) is 10.0. The van der Waals surface area contributed by atoms with Gasteiger partial charge in [-0.15, -0.1) is 0 Å². The van der Waals surface area contributed by atoms with Crippen molar-refractivity contribution in [1.29, 1.82) is 0 Å². The van der Waals surface area contributed by atoms with Crippen molar-refractivity contribution < 1.29 is 24.9 Å². The van der Waals surface area contributed by atoms with Crippen molar-refractivity contribution in [2.24, 2.45) is 23.7 Å². The zero-order valence-corrected chi connectivity index (χ0v) is 11.1. The molecular formula is C15H15NO5. The fourth-order valence-corrected chi connectivity index (χ4v) is 4.32. The van der Waals surface area contributed by atoms with Crippen molar-refractivity contribution in [3.63, 3.8) is 0 Å². The second-order valence-corrected chi connectivity index (χ2v) is 6.10. The van der Waals surface area contributed by atoms with Gasteiger partial charge in [-0.3, -0.25) is 9.59 Å². The number of rotatable bonds is 1. The molecule has 4 rings (SSSR count). The summed E-state index contributed by atoms with van der Waals surface area (Å²) in [6.07, 6.45) is -1.39. The van der Waals surface area contributed by atoms with E-state index in [1.54, 1.807) is 12.1 Å². The zero-order valence-electron chi connectivity index (χ0n) is 11.1. The van der Waals surface area contributed by atoms with Crippen molar-refractivity contribution in [3.05, 3.63) is 24.3 Å². The highest BCUT2D eigenvalue weighted by Crippen LogP contribution is 2.57. The van der Waals surface area contributed by atoms with Gasteiger partial charge in [0.05, 0.1) is 29.7 Å². The van der Waals surface area contributed by atoms with Gasteiger partial charge in [0.1, 0.15) is 5.75 Å². The molecule has 0 spiro atoms. The summed E-state index contributed by atoms with van der Waals surface area (Å²) in [5, 5.41) is 29.8. The van der Waals surface area contributed by atoms with Crippen LogP contribution >= 0.6 is 0 Å². The van der Waals surface area contributed by atoms with Crippen LogP contribution < -0.4 is 4.90 Å². The molecule has 2 saturated carbocycles. The van der Waals surface area contributed by atoms with E-state index in [4.69, 9.17) is 0 Å². The second-order valence-electron chi connectivity index (χ2n) is 6.10. The lowest BCUT2D eigenvalue weighted by Crippen LogP contribution is -2.43. The Bertz CT molecular complexity index is 613. The molecule has 6 heteroatoms. The van der Waals surface area contributed by atoms with E-state index in [1.165, 1.54) is 12.1 Å². The second kappa shape index (κ2) is 4.05. The molecule has 2 amide bonds. The van der Waals surface area contributed by atoms with Gasteiger partial charge in [-0.25, -0.2) is 4.90 Å². The van der Waals surface area contributed by atoms with Crippen LogP contribution in [0.2, 0.25) is 0 Å². The molecule has 1 aromatic rings. The first-order valence-corrected chi connectivity index (χ1v) is 7.04. The molecule has 5 unspecified atom stereocenters. The van der Waals surface area contributed by atoms with Gasteiger partial charge in [0, 0.05) is 11.8 Å². The molecule has 3 fully saturated rings. The molecule has 6 nitrogen and oxygen atoms in total. The maximum Gasteiger partial charge on any atom is 0.238 e. The van der Waals surface area contributed by atoms with Crippen LogP contribution in [0.15, 0.2) is 24.3 Å². The minimum absolute atomic E-state index is 0.132. The third kappa shape index (κ3) is 1.43. The summed E-state index contributed by atoms with van der Waals surface area (Å²) in [5.74, 6) is -2.81. The van der Waals surface area contributed by atoms with E-state index in [0.717, 1.165) is 4.90 Å². The third-order valence-corrected chi connectivity index (χ3v) is 5.21. The van der Waals surface area contributed by atoms with Gasteiger partial charge in [0.15, 0.2) is 0 Å². The number of hydrogen-bond acceptors (Lipinski definition) is 5. The van der Waals surface area contributed by atoms with Crippen LogP contribution in [0.5, 0.6) is 5.75 Å². The van der Waals surface area contributed by atoms with E-state index in [9.17, 15) is 24.9 Å². The minimum atomic E-state index is -0.947. The van der Waals surface area contributed by atoms with E-state index < -0.39 is 24.0 Å². The molecule has 3 N–H and O–H groups in total. The number of nitrogens with zero attached hydrogens (tertiary/aromatic N) is 1. The van der Waals surface area contributed by atoms with Gasteiger partial charge in [-0.1, -0.05) is 12.1 Å². The number of anilines is 1. The topological polar surface area (TPSA) is 98.1 Å². The molecule has 1 aliphatic heterocycles. The van der Waals surface area contributed by atoms with Crippen LogP contribution in [0.4, 0.5) is 5.69 Å². The highest BCUT2D eigenvalue weighted by atomic mass is 16.3. The molecule has 2 aliphatic carbocycles. The van der Waals surface area contributed by atoms with Gasteiger partial charge >= 0.3 is 0 Å². The van der Waals surface area contributed by atoms with Crippen LogP contribution in [-0.2, 0) is 9.59 Å². The molecule has 2 bridgehead atoms. The van der Waals surface area contributed by atoms with Gasteiger partial charge < -0.3 is 15.3 Å². The lowest BCUT2D eigenvalue weighted by molar-refractivity contribution is -0.129. The normalized spacial score (nSPS) is 41.0. The number of carbonyl (C=O) groups is 2. The number of imide groups is 1. The number of amides is 2. The molecule has 3 aliphatic rings. The Hall–Kier alpha value is -1.92. The lowest BCUT2D eigenvalue weighted by atomic mass is 9.78. The number of benzene rings is 1. The Morgan fingerprint density at radius 3 is 2.00 bits per heavy atom. The van der Waals surface area contributed by atoms with Crippen molar-refractivity contribution in [2.75, 3.05) is 4.90 Å². The van der Waals surface area contributed by atoms with Crippen molar-refractivity contribution in [2.45, 2.75) is 18.6 Å². The van der Waals surface area contributed by atoms with E-state index in [0.29, 0.717) is 6.42 Å². The molecule has 1 saturated heterocycles. The highest BCUT2D eigenvalue weighted by Gasteiger charge is 2.67. The largest absolute Gasteiger partial charge is 0.506 e. The van der Waals surface area contributed by atoms with Crippen molar-refractivity contribution in [3.8, 4) is 5.75 Å². The average molecular weight is 289 g/mol. The Morgan fingerprint density at radius 2 is 1.48 bits per heavy atom. The van der Waals surface area contributed by atoms with E-state index in [1.807, 2.05) is 0 Å². The maximum atomic E-state index is 12.6. The molecule has 21 heavy (non-hydrogen) atoms. The Kier molecular flexibility index (Phi) is 2.47. The number of fused-ring (bicyclic) bond motifs is 5. The summed E-state index contributed by atoms with van der Waals surface area (Å²) >= 11 is 0. The SMILES string of the molecule is O=C1C2C3CC(C2C(=O)N1c1ccccc1O)[C@H](O)C3O. The summed E-state index contributed by atoms with van der Waals surface area (Å²) in [5.41, 5.74) is 0.172. The summed E-state index contributed by atoms with van der Waals surface area (Å²) in [4.78, 5) is 26.2. The van der Waals surface area contributed by atoms with Crippen LogP contribution in [-0.4, -0.2) is 39.3 Å². The Balaban J connectivity index is 1.77. The standard InChI is InChI=1S/C15H15NO5/c17-9-4-2-1-3-8(9)16-14(20)10-6-5-7(11(10)15(16)21)13(19)12(6)18/h1-4,6-7,10-13,17-19H,5H2/t6?,7?,10?,11?,12-,13?/m0/s1. The molecular weight excluding hydrogens is 274 g/mol. The Morgan fingerprint density at radius 1 is 0.952 bits per heavy atom. The summed E-state index contributed by atoms with van der Waals surface area (Å²) in [6.45, 7) is 0. The first kappa shape index (κ1) is 12.8. The molecule has 1 heterocycles. The zero-order chi connectivity index (χ0) is 14.9. The van der Waals surface area contributed by atoms with E-state index >= 15 is 0 Å². The Labute approximate surface area is 120 Å². The number of para-hydroxylation sites is 2. The van der Waals surface area contributed by atoms with Crippen LogP contribution in [0.3, 0.4) is 0 Å². The van der Waals surface area contributed by atoms with Gasteiger partial charge in [-0.2, -0.15) is 0 Å².